The standard InChI is InChI=1S/C16H9F3IN3O/c17-11-3-2-10(16(24)23-6-5-21-8-23)15(14(11)19)22-13-4-1-9(20)7-12(13)18/h1-8,22H. The minimum atomic E-state index is -1.26. The molecule has 0 aliphatic rings. The second kappa shape index (κ2) is 6.63. The van der Waals surface area contributed by atoms with Crippen molar-refractivity contribution in [1.82, 2.24) is 9.55 Å². The fourth-order valence-corrected chi connectivity index (χ4v) is 2.55. The Morgan fingerprint density at radius 2 is 1.92 bits per heavy atom. The zero-order valence-corrected chi connectivity index (χ0v) is 14.1. The van der Waals surface area contributed by atoms with Gasteiger partial charge in [-0.25, -0.2) is 18.2 Å². The molecular weight excluding hydrogens is 434 g/mol. The van der Waals surface area contributed by atoms with Crippen molar-refractivity contribution in [2.24, 2.45) is 0 Å². The highest BCUT2D eigenvalue weighted by atomic mass is 127. The van der Waals surface area contributed by atoms with Crippen LogP contribution in [0, 0.1) is 21.0 Å². The molecule has 0 bridgehead atoms. The van der Waals surface area contributed by atoms with Crippen LogP contribution in [0.2, 0.25) is 0 Å². The number of nitrogens with zero attached hydrogens (tertiary/aromatic N) is 2. The number of rotatable bonds is 3. The molecule has 0 saturated heterocycles. The fourth-order valence-electron chi connectivity index (χ4n) is 2.09. The van der Waals surface area contributed by atoms with Crippen molar-refractivity contribution in [3.63, 3.8) is 0 Å². The van der Waals surface area contributed by atoms with Crippen molar-refractivity contribution >= 4 is 39.9 Å². The van der Waals surface area contributed by atoms with Gasteiger partial charge in [-0.15, -0.1) is 0 Å². The van der Waals surface area contributed by atoms with Gasteiger partial charge in [0, 0.05) is 16.0 Å². The molecule has 1 aromatic heterocycles. The molecule has 1 heterocycles. The van der Waals surface area contributed by atoms with E-state index in [0.717, 1.165) is 16.7 Å². The van der Waals surface area contributed by atoms with E-state index in [1.165, 1.54) is 30.9 Å². The van der Waals surface area contributed by atoms with E-state index in [1.807, 2.05) is 22.6 Å². The molecule has 4 nitrogen and oxygen atoms in total. The van der Waals surface area contributed by atoms with E-state index < -0.39 is 29.0 Å². The van der Waals surface area contributed by atoms with Crippen LogP contribution in [0.25, 0.3) is 0 Å². The molecule has 3 rings (SSSR count). The van der Waals surface area contributed by atoms with Crippen molar-refractivity contribution < 1.29 is 18.0 Å². The van der Waals surface area contributed by atoms with Gasteiger partial charge in [0.15, 0.2) is 11.6 Å². The number of benzene rings is 2. The SMILES string of the molecule is O=C(c1ccc(F)c(F)c1Nc1ccc(I)cc1F)n1ccnc1. The molecule has 0 radical (unpaired) electrons. The maximum absolute atomic E-state index is 14.2. The van der Waals surface area contributed by atoms with Crippen molar-refractivity contribution in [2.75, 3.05) is 5.32 Å². The molecule has 0 atom stereocenters. The van der Waals surface area contributed by atoms with Crippen LogP contribution in [0.4, 0.5) is 24.5 Å². The lowest BCUT2D eigenvalue weighted by Crippen LogP contribution is -2.14. The summed E-state index contributed by atoms with van der Waals surface area (Å²) in [6.07, 6.45) is 3.99. The maximum Gasteiger partial charge on any atom is 0.265 e. The van der Waals surface area contributed by atoms with Gasteiger partial charge in [0.1, 0.15) is 12.1 Å². The molecule has 0 aliphatic carbocycles. The lowest BCUT2D eigenvalue weighted by Gasteiger charge is -2.14. The van der Waals surface area contributed by atoms with E-state index in [0.29, 0.717) is 3.57 Å². The fraction of sp³-hybridized carbons (Fsp3) is 0. The van der Waals surface area contributed by atoms with E-state index in [9.17, 15) is 18.0 Å². The topological polar surface area (TPSA) is 46.9 Å². The number of hydrogen-bond donors (Lipinski definition) is 1. The summed E-state index contributed by atoms with van der Waals surface area (Å²) in [6.45, 7) is 0. The highest BCUT2D eigenvalue weighted by Crippen LogP contribution is 2.29. The van der Waals surface area contributed by atoms with Gasteiger partial charge < -0.3 is 5.32 Å². The van der Waals surface area contributed by atoms with E-state index in [1.54, 1.807) is 6.07 Å². The van der Waals surface area contributed by atoms with E-state index in [2.05, 4.69) is 10.3 Å². The summed E-state index contributed by atoms with van der Waals surface area (Å²) in [7, 11) is 0. The average molecular weight is 443 g/mol. The van der Waals surface area contributed by atoms with E-state index >= 15 is 0 Å². The quantitative estimate of drug-likeness (QED) is 0.613. The zero-order valence-electron chi connectivity index (χ0n) is 11.9. The predicted octanol–water partition coefficient (Wildman–Crippen LogP) is 4.34. The molecule has 24 heavy (non-hydrogen) atoms. The average Bonchev–Trinajstić information content (AvgIpc) is 3.08. The Hall–Kier alpha value is -2.36. The first-order chi connectivity index (χ1) is 11.5. The molecule has 0 unspecified atom stereocenters. The van der Waals surface area contributed by atoms with Gasteiger partial charge in [-0.1, -0.05) is 0 Å². The zero-order chi connectivity index (χ0) is 17.3. The van der Waals surface area contributed by atoms with Crippen molar-refractivity contribution in [3.8, 4) is 0 Å². The minimum Gasteiger partial charge on any atom is -0.350 e. The van der Waals surface area contributed by atoms with Crippen molar-refractivity contribution in [1.29, 1.82) is 0 Å². The first-order valence-electron chi connectivity index (χ1n) is 6.70. The number of nitrogens with one attached hydrogen (secondary N) is 1. The van der Waals surface area contributed by atoms with Crippen LogP contribution >= 0.6 is 22.6 Å². The Morgan fingerprint density at radius 1 is 1.12 bits per heavy atom. The van der Waals surface area contributed by atoms with Crippen LogP contribution < -0.4 is 5.32 Å². The number of aromatic nitrogens is 2. The van der Waals surface area contributed by atoms with Crippen LogP contribution in [-0.2, 0) is 0 Å². The molecule has 0 amide bonds. The molecular formula is C16H9F3IN3O. The van der Waals surface area contributed by atoms with Gasteiger partial charge >= 0.3 is 0 Å². The molecule has 122 valence electrons. The molecule has 8 heteroatoms. The molecule has 2 aromatic carbocycles. The van der Waals surface area contributed by atoms with Gasteiger partial charge in [0.2, 0.25) is 0 Å². The summed E-state index contributed by atoms with van der Waals surface area (Å²) < 4.78 is 43.6. The Kier molecular flexibility index (Phi) is 4.56. The van der Waals surface area contributed by atoms with E-state index in [4.69, 9.17) is 0 Å². The minimum absolute atomic E-state index is 0.0698. The Balaban J connectivity index is 2.08. The third-order valence-corrected chi connectivity index (χ3v) is 3.93. The number of halogens is 4. The molecule has 3 aromatic rings. The lowest BCUT2D eigenvalue weighted by atomic mass is 10.1. The van der Waals surface area contributed by atoms with E-state index in [-0.39, 0.29) is 11.3 Å². The molecule has 0 aliphatic heterocycles. The maximum atomic E-state index is 14.2. The van der Waals surface area contributed by atoms with Gasteiger partial charge in [0.05, 0.1) is 16.9 Å². The molecule has 0 saturated carbocycles. The smallest absolute Gasteiger partial charge is 0.265 e. The predicted molar refractivity (Wildman–Crippen MR) is 90.7 cm³/mol. The highest BCUT2D eigenvalue weighted by molar-refractivity contribution is 14.1. The van der Waals surface area contributed by atoms with Crippen LogP contribution in [-0.4, -0.2) is 15.5 Å². The summed E-state index contributed by atoms with van der Waals surface area (Å²) in [6, 6.07) is 6.19. The summed E-state index contributed by atoms with van der Waals surface area (Å²) >= 11 is 1.92. The summed E-state index contributed by atoms with van der Waals surface area (Å²) in [5, 5.41) is 2.47. The summed E-state index contributed by atoms with van der Waals surface area (Å²) in [5.74, 6) is -3.68. The molecule has 0 fully saturated rings. The lowest BCUT2D eigenvalue weighted by molar-refractivity contribution is 0.0960. The number of anilines is 2. The Bertz CT molecular complexity index is 913. The van der Waals surface area contributed by atoms with Crippen molar-refractivity contribution in [3.05, 3.63) is 75.6 Å². The van der Waals surface area contributed by atoms with Crippen molar-refractivity contribution in [2.45, 2.75) is 0 Å². The molecule has 1 N–H and O–H groups in total. The Morgan fingerprint density at radius 3 is 2.58 bits per heavy atom. The summed E-state index contributed by atoms with van der Waals surface area (Å²) in [4.78, 5) is 16.2. The van der Waals surface area contributed by atoms with Crippen LogP contribution in [0.5, 0.6) is 0 Å². The largest absolute Gasteiger partial charge is 0.350 e. The van der Waals surface area contributed by atoms with Crippen LogP contribution in [0.1, 0.15) is 10.4 Å². The Labute approximate surface area is 148 Å². The first kappa shape index (κ1) is 16.5. The normalized spacial score (nSPS) is 10.7. The van der Waals surface area contributed by atoms with Gasteiger partial charge in [-0.2, -0.15) is 0 Å². The second-order valence-electron chi connectivity index (χ2n) is 4.81. The van der Waals surface area contributed by atoms with Gasteiger partial charge in [-0.05, 0) is 52.9 Å². The summed E-state index contributed by atoms with van der Waals surface area (Å²) in [5.41, 5.74) is -0.654. The van der Waals surface area contributed by atoms with Gasteiger partial charge in [0.25, 0.3) is 5.91 Å². The number of carbonyl (C=O) groups is 1. The highest BCUT2D eigenvalue weighted by Gasteiger charge is 2.21. The second-order valence-corrected chi connectivity index (χ2v) is 6.05. The molecule has 0 spiro atoms. The number of hydrogen-bond acceptors (Lipinski definition) is 3. The number of imidazole rings is 1. The first-order valence-corrected chi connectivity index (χ1v) is 7.78. The number of carbonyl (C=O) groups excluding carboxylic acids is 1. The van der Waals surface area contributed by atoms with Crippen LogP contribution in [0.15, 0.2) is 49.1 Å². The van der Waals surface area contributed by atoms with Gasteiger partial charge in [-0.3, -0.25) is 9.36 Å². The monoisotopic (exact) mass is 443 g/mol. The third kappa shape index (κ3) is 3.14. The third-order valence-electron chi connectivity index (χ3n) is 3.25. The van der Waals surface area contributed by atoms with Crippen LogP contribution in [0.3, 0.4) is 0 Å².